The molecular weight excluding hydrogens is 268 g/mol. The maximum absolute atomic E-state index is 5.98. The Morgan fingerprint density at radius 1 is 1.20 bits per heavy atom. The normalized spacial score (nSPS) is 37.1. The summed E-state index contributed by atoms with van der Waals surface area (Å²) in [5.41, 5.74) is 1.46. The number of nitrogens with zero attached hydrogens (tertiary/aromatic N) is 1. The smallest absolute Gasteiger partial charge is 0.113 e. The molecule has 3 nitrogen and oxygen atoms in total. The summed E-state index contributed by atoms with van der Waals surface area (Å²) in [7, 11) is 0. The molecule has 1 aromatic rings. The Labute approximate surface area is 125 Å². The minimum atomic E-state index is 0.0766. The van der Waals surface area contributed by atoms with Crippen molar-refractivity contribution in [3.8, 4) is 0 Å². The van der Waals surface area contributed by atoms with Crippen molar-refractivity contribution in [3.63, 3.8) is 0 Å². The predicted molar refractivity (Wildman–Crippen MR) is 81.2 cm³/mol. The van der Waals surface area contributed by atoms with Gasteiger partial charge in [-0.05, 0) is 58.8 Å². The zero-order valence-electron chi connectivity index (χ0n) is 12.4. The van der Waals surface area contributed by atoms with Gasteiger partial charge in [0.1, 0.15) is 5.01 Å². The van der Waals surface area contributed by atoms with E-state index in [1.807, 2.05) is 11.3 Å². The lowest BCUT2D eigenvalue weighted by Gasteiger charge is -2.42. The Kier molecular flexibility index (Phi) is 3.17. The molecule has 4 heteroatoms. The van der Waals surface area contributed by atoms with Crippen LogP contribution in [0.2, 0.25) is 0 Å². The third-order valence-electron chi connectivity index (χ3n) is 4.80. The van der Waals surface area contributed by atoms with Crippen LogP contribution >= 0.6 is 11.3 Å². The highest BCUT2D eigenvalue weighted by molar-refractivity contribution is 7.12. The molecule has 2 unspecified atom stereocenters. The Balaban J connectivity index is 1.69. The first-order chi connectivity index (χ1) is 9.64. The van der Waals surface area contributed by atoms with Crippen molar-refractivity contribution in [1.29, 1.82) is 0 Å². The molecule has 2 heterocycles. The highest BCUT2D eigenvalue weighted by atomic mass is 32.1. The van der Waals surface area contributed by atoms with Crippen molar-refractivity contribution in [1.82, 2.24) is 10.3 Å². The summed E-state index contributed by atoms with van der Waals surface area (Å²) < 4.78 is 5.98. The third-order valence-corrected chi connectivity index (χ3v) is 6.16. The lowest BCUT2D eigenvalue weighted by molar-refractivity contribution is -0.0718. The highest BCUT2D eigenvalue weighted by Gasteiger charge is 2.45. The van der Waals surface area contributed by atoms with Crippen molar-refractivity contribution in [3.05, 3.63) is 15.6 Å². The van der Waals surface area contributed by atoms with Crippen LogP contribution in [0.3, 0.4) is 0 Å². The van der Waals surface area contributed by atoms with Crippen molar-refractivity contribution >= 4 is 11.3 Å². The quantitative estimate of drug-likeness (QED) is 0.929. The maximum Gasteiger partial charge on any atom is 0.113 e. The van der Waals surface area contributed by atoms with Crippen LogP contribution in [0.15, 0.2) is 0 Å². The van der Waals surface area contributed by atoms with E-state index in [9.17, 15) is 0 Å². The number of fused-ring (bicyclic) bond motifs is 1. The van der Waals surface area contributed by atoms with Gasteiger partial charge in [0, 0.05) is 10.9 Å². The molecule has 1 saturated carbocycles. The van der Waals surface area contributed by atoms with E-state index in [4.69, 9.17) is 9.72 Å². The lowest BCUT2D eigenvalue weighted by atomic mass is 9.84. The van der Waals surface area contributed by atoms with Gasteiger partial charge in [-0.2, -0.15) is 0 Å². The Morgan fingerprint density at radius 3 is 2.60 bits per heavy atom. The van der Waals surface area contributed by atoms with Crippen LogP contribution in [-0.4, -0.2) is 23.2 Å². The third kappa shape index (κ3) is 2.32. The zero-order chi connectivity index (χ0) is 13.7. The molecule has 0 bridgehead atoms. The fraction of sp³-hybridized carbons (Fsp3) is 0.812. The molecule has 1 saturated heterocycles. The zero-order valence-corrected chi connectivity index (χ0v) is 13.3. The second kappa shape index (κ2) is 4.79. The van der Waals surface area contributed by atoms with Gasteiger partial charge in [0.25, 0.3) is 0 Å². The van der Waals surface area contributed by atoms with E-state index in [0.29, 0.717) is 18.2 Å². The number of nitrogens with one attached hydrogen (secondary N) is 1. The van der Waals surface area contributed by atoms with Gasteiger partial charge in [-0.15, -0.1) is 11.3 Å². The number of ether oxygens (including phenoxy) is 1. The SMILES string of the molecule is CC1CC(NC2CC2)(c2nc3c(s2)CCC3)CC(C)O1. The molecule has 0 aromatic carbocycles. The number of rotatable bonds is 3. The maximum atomic E-state index is 5.98. The van der Waals surface area contributed by atoms with Crippen LogP contribution in [0.25, 0.3) is 0 Å². The molecule has 0 amide bonds. The Morgan fingerprint density at radius 2 is 1.95 bits per heavy atom. The lowest BCUT2D eigenvalue weighted by Crippen LogP contribution is -2.51. The van der Waals surface area contributed by atoms with Gasteiger partial charge in [-0.1, -0.05) is 0 Å². The van der Waals surface area contributed by atoms with Gasteiger partial charge in [0.2, 0.25) is 0 Å². The summed E-state index contributed by atoms with van der Waals surface area (Å²) in [4.78, 5) is 6.58. The number of hydrogen-bond donors (Lipinski definition) is 1. The molecule has 0 spiro atoms. The van der Waals surface area contributed by atoms with Gasteiger partial charge in [0.05, 0.1) is 23.4 Å². The minimum absolute atomic E-state index is 0.0766. The summed E-state index contributed by atoms with van der Waals surface area (Å²) in [5, 5.41) is 5.28. The van der Waals surface area contributed by atoms with Crippen LogP contribution < -0.4 is 5.32 Å². The number of aromatic nitrogens is 1. The van der Waals surface area contributed by atoms with E-state index in [2.05, 4.69) is 19.2 Å². The minimum Gasteiger partial charge on any atom is -0.375 e. The second-order valence-corrected chi connectivity index (χ2v) is 7.99. The molecule has 1 aliphatic heterocycles. The molecule has 3 aliphatic rings. The van der Waals surface area contributed by atoms with Crippen molar-refractivity contribution in [2.24, 2.45) is 0 Å². The van der Waals surface area contributed by atoms with Crippen molar-refractivity contribution < 1.29 is 4.74 Å². The molecule has 110 valence electrons. The van der Waals surface area contributed by atoms with Gasteiger partial charge in [-0.3, -0.25) is 0 Å². The first-order valence-corrected chi connectivity index (χ1v) is 8.88. The average molecular weight is 292 g/mol. The summed E-state index contributed by atoms with van der Waals surface area (Å²) in [6.45, 7) is 4.42. The Hall–Kier alpha value is -0.450. The van der Waals surface area contributed by atoms with Gasteiger partial charge < -0.3 is 10.1 Å². The number of hydrogen-bond acceptors (Lipinski definition) is 4. The van der Waals surface area contributed by atoms with E-state index in [1.165, 1.54) is 42.8 Å². The fourth-order valence-electron chi connectivity index (χ4n) is 3.93. The van der Waals surface area contributed by atoms with Crippen molar-refractivity contribution in [2.75, 3.05) is 0 Å². The topological polar surface area (TPSA) is 34.2 Å². The van der Waals surface area contributed by atoms with Crippen LogP contribution in [0.4, 0.5) is 0 Å². The number of aryl methyl sites for hydroxylation is 2. The van der Waals surface area contributed by atoms with Gasteiger partial charge in [-0.25, -0.2) is 4.98 Å². The standard InChI is InChI=1S/C16H24N2OS/c1-10-8-16(9-11(2)19-10,18-12-6-7-12)15-17-13-4-3-5-14(13)20-15/h10-12,18H,3-9H2,1-2H3. The van der Waals surface area contributed by atoms with Crippen molar-refractivity contribution in [2.45, 2.75) is 82.6 Å². The molecule has 2 aliphatic carbocycles. The van der Waals surface area contributed by atoms with Crippen LogP contribution in [0.5, 0.6) is 0 Å². The monoisotopic (exact) mass is 292 g/mol. The molecule has 2 fully saturated rings. The summed E-state index contributed by atoms with van der Waals surface area (Å²) in [5.74, 6) is 0. The highest BCUT2D eigenvalue weighted by Crippen LogP contribution is 2.43. The van der Waals surface area contributed by atoms with Crippen LogP contribution in [-0.2, 0) is 23.1 Å². The first-order valence-electron chi connectivity index (χ1n) is 8.07. The van der Waals surface area contributed by atoms with E-state index in [1.54, 1.807) is 4.88 Å². The summed E-state index contributed by atoms with van der Waals surface area (Å²) >= 11 is 1.97. The fourth-order valence-corrected chi connectivity index (χ4v) is 5.25. The molecule has 2 atom stereocenters. The average Bonchev–Trinajstić information content (AvgIpc) is 2.90. The van der Waals surface area contributed by atoms with Crippen LogP contribution in [0.1, 0.15) is 61.5 Å². The van der Waals surface area contributed by atoms with E-state index in [-0.39, 0.29) is 5.54 Å². The Bertz CT molecular complexity index is 472. The molecule has 4 rings (SSSR count). The first kappa shape index (κ1) is 13.2. The predicted octanol–water partition coefficient (Wildman–Crippen LogP) is 3.17. The van der Waals surface area contributed by atoms with Gasteiger partial charge >= 0.3 is 0 Å². The molecule has 20 heavy (non-hydrogen) atoms. The molecular formula is C16H24N2OS. The van der Waals surface area contributed by atoms with E-state index < -0.39 is 0 Å². The van der Waals surface area contributed by atoms with E-state index in [0.717, 1.165) is 12.8 Å². The van der Waals surface area contributed by atoms with Gasteiger partial charge in [0.15, 0.2) is 0 Å². The summed E-state index contributed by atoms with van der Waals surface area (Å²) in [6, 6.07) is 0.714. The largest absolute Gasteiger partial charge is 0.375 e. The molecule has 0 radical (unpaired) electrons. The van der Waals surface area contributed by atoms with E-state index >= 15 is 0 Å². The molecule has 1 aromatic heterocycles. The molecule has 1 N–H and O–H groups in total. The van der Waals surface area contributed by atoms with Crippen LogP contribution in [0, 0.1) is 0 Å². The second-order valence-electron chi connectivity index (χ2n) is 6.91. The number of thiazole rings is 1. The summed E-state index contributed by atoms with van der Waals surface area (Å²) in [6.07, 6.45) is 9.18.